The lowest BCUT2D eigenvalue weighted by atomic mass is 10.0. The summed E-state index contributed by atoms with van der Waals surface area (Å²) >= 11 is 0. The van der Waals surface area contributed by atoms with Gasteiger partial charge in [-0.3, -0.25) is 9.78 Å². The Kier molecular flexibility index (Phi) is 5.27. The fourth-order valence-electron chi connectivity index (χ4n) is 4.67. The van der Waals surface area contributed by atoms with Crippen LogP contribution in [0, 0.1) is 20.8 Å². The van der Waals surface area contributed by atoms with Gasteiger partial charge in [-0.05, 0) is 86.3 Å². The number of nitrogens with one attached hydrogen (secondary N) is 3. The van der Waals surface area contributed by atoms with E-state index in [0.717, 1.165) is 53.2 Å². The topological polar surface area (TPSA) is 69.8 Å². The Morgan fingerprint density at radius 1 is 0.969 bits per heavy atom. The predicted molar refractivity (Wildman–Crippen MR) is 130 cm³/mol. The molecule has 0 bridgehead atoms. The van der Waals surface area contributed by atoms with Crippen molar-refractivity contribution in [2.24, 2.45) is 0 Å². The lowest BCUT2D eigenvalue weighted by Gasteiger charge is -2.12. The summed E-state index contributed by atoms with van der Waals surface area (Å²) in [6.45, 7) is 7.98. The second kappa shape index (κ2) is 8.24. The molecule has 1 saturated heterocycles. The smallest absolute Gasteiger partial charge is 0.251 e. The number of rotatable bonds is 4. The van der Waals surface area contributed by atoms with Crippen molar-refractivity contribution in [3.8, 4) is 22.4 Å². The monoisotopic (exact) mass is 424 g/mol. The molecule has 1 atom stereocenters. The molecular formula is C27H28N4O. The number of amides is 1. The van der Waals surface area contributed by atoms with Crippen LogP contribution in [0.3, 0.4) is 0 Å². The molecule has 1 amide bonds. The van der Waals surface area contributed by atoms with Gasteiger partial charge in [-0.2, -0.15) is 0 Å². The summed E-state index contributed by atoms with van der Waals surface area (Å²) in [7, 11) is 0. The fourth-order valence-corrected chi connectivity index (χ4v) is 4.67. The number of nitrogens with zero attached hydrogens (tertiary/aromatic N) is 1. The van der Waals surface area contributed by atoms with Crippen molar-refractivity contribution in [2.75, 3.05) is 13.1 Å². The quantitative estimate of drug-likeness (QED) is 0.436. The van der Waals surface area contributed by atoms with Gasteiger partial charge in [-0.15, -0.1) is 0 Å². The zero-order chi connectivity index (χ0) is 22.2. The van der Waals surface area contributed by atoms with Crippen molar-refractivity contribution in [3.05, 3.63) is 77.1 Å². The fraction of sp³-hybridized carbons (Fsp3) is 0.259. The molecule has 1 aliphatic rings. The van der Waals surface area contributed by atoms with Gasteiger partial charge in [0.05, 0.1) is 0 Å². The zero-order valence-corrected chi connectivity index (χ0v) is 18.8. The Morgan fingerprint density at radius 2 is 1.78 bits per heavy atom. The standard InChI is InChI=1S/C27H28N4O/c1-16-11-22(12-17(2)29-16)19-7-8-24-18(3)26(31-25(24)14-19)20-5-4-6-21(13-20)27(32)30-23-9-10-28-15-23/h4-8,11-14,23,28,31H,9-10,15H2,1-3H3,(H,30,32)/t23-/m0/s1. The number of pyridine rings is 1. The van der Waals surface area contributed by atoms with E-state index in [-0.39, 0.29) is 11.9 Å². The van der Waals surface area contributed by atoms with Crippen molar-refractivity contribution in [1.82, 2.24) is 20.6 Å². The Morgan fingerprint density at radius 3 is 2.53 bits per heavy atom. The van der Waals surface area contributed by atoms with E-state index in [4.69, 9.17) is 0 Å². The van der Waals surface area contributed by atoms with Crippen LogP contribution < -0.4 is 10.6 Å². The summed E-state index contributed by atoms with van der Waals surface area (Å²) in [6, 6.07) is 18.9. The third-order valence-corrected chi connectivity index (χ3v) is 6.28. The van der Waals surface area contributed by atoms with Gasteiger partial charge in [0.2, 0.25) is 0 Å². The summed E-state index contributed by atoms with van der Waals surface area (Å²) < 4.78 is 0. The third-order valence-electron chi connectivity index (χ3n) is 6.28. The van der Waals surface area contributed by atoms with E-state index in [1.54, 1.807) is 0 Å². The minimum absolute atomic E-state index is 0.0139. The second-order valence-electron chi connectivity index (χ2n) is 8.77. The van der Waals surface area contributed by atoms with Gasteiger partial charge in [-0.25, -0.2) is 0 Å². The van der Waals surface area contributed by atoms with Crippen molar-refractivity contribution in [3.63, 3.8) is 0 Å². The van der Waals surface area contributed by atoms with Crippen molar-refractivity contribution >= 4 is 16.8 Å². The van der Waals surface area contributed by atoms with Crippen LogP contribution in [0.1, 0.15) is 33.7 Å². The Balaban J connectivity index is 1.49. The molecule has 0 radical (unpaired) electrons. The van der Waals surface area contributed by atoms with Crippen LogP contribution in [0.5, 0.6) is 0 Å². The molecule has 2 aromatic carbocycles. The van der Waals surface area contributed by atoms with E-state index in [0.29, 0.717) is 5.56 Å². The molecule has 1 aliphatic heterocycles. The average Bonchev–Trinajstić information content (AvgIpc) is 3.40. The molecule has 2 aromatic heterocycles. The van der Waals surface area contributed by atoms with E-state index in [1.165, 1.54) is 16.5 Å². The number of aromatic amines is 1. The average molecular weight is 425 g/mol. The van der Waals surface area contributed by atoms with Crippen LogP contribution in [0.4, 0.5) is 0 Å². The van der Waals surface area contributed by atoms with E-state index >= 15 is 0 Å². The first kappa shape index (κ1) is 20.5. The maximum absolute atomic E-state index is 12.7. The highest BCUT2D eigenvalue weighted by Gasteiger charge is 2.18. The van der Waals surface area contributed by atoms with E-state index < -0.39 is 0 Å². The number of hydrogen-bond acceptors (Lipinski definition) is 3. The van der Waals surface area contributed by atoms with Gasteiger partial charge < -0.3 is 15.6 Å². The number of aromatic nitrogens is 2. The normalized spacial score (nSPS) is 15.9. The number of hydrogen-bond donors (Lipinski definition) is 3. The van der Waals surface area contributed by atoms with Crippen LogP contribution >= 0.6 is 0 Å². The highest BCUT2D eigenvalue weighted by Crippen LogP contribution is 2.33. The maximum Gasteiger partial charge on any atom is 0.251 e. The minimum Gasteiger partial charge on any atom is -0.354 e. The molecule has 3 heterocycles. The van der Waals surface area contributed by atoms with Crippen LogP contribution in [0.2, 0.25) is 0 Å². The van der Waals surface area contributed by atoms with E-state index in [1.807, 2.05) is 32.0 Å². The third kappa shape index (κ3) is 3.92. The second-order valence-corrected chi connectivity index (χ2v) is 8.77. The summed E-state index contributed by atoms with van der Waals surface area (Å²) in [5.74, 6) is -0.0139. The molecule has 0 spiro atoms. The highest BCUT2D eigenvalue weighted by molar-refractivity contribution is 5.97. The van der Waals surface area contributed by atoms with Crippen molar-refractivity contribution < 1.29 is 4.79 Å². The molecule has 5 heteroatoms. The molecule has 1 fully saturated rings. The summed E-state index contributed by atoms with van der Waals surface area (Å²) in [6.07, 6.45) is 0.978. The number of aryl methyl sites for hydroxylation is 3. The maximum atomic E-state index is 12.7. The number of benzene rings is 2. The Bertz CT molecular complexity index is 1290. The molecular weight excluding hydrogens is 396 g/mol. The molecule has 5 rings (SSSR count). The number of H-pyrrole nitrogens is 1. The molecule has 5 nitrogen and oxygen atoms in total. The van der Waals surface area contributed by atoms with Gasteiger partial charge in [0.1, 0.15) is 0 Å². The largest absolute Gasteiger partial charge is 0.354 e. The Hall–Kier alpha value is -3.44. The number of carbonyl (C=O) groups is 1. The van der Waals surface area contributed by atoms with Crippen LogP contribution in [-0.2, 0) is 0 Å². The first-order chi connectivity index (χ1) is 15.5. The molecule has 0 unspecified atom stereocenters. The van der Waals surface area contributed by atoms with Gasteiger partial charge in [0.15, 0.2) is 0 Å². The molecule has 4 aromatic rings. The molecule has 0 aliphatic carbocycles. The molecule has 162 valence electrons. The van der Waals surface area contributed by atoms with Crippen molar-refractivity contribution in [2.45, 2.75) is 33.2 Å². The minimum atomic E-state index is -0.0139. The first-order valence-corrected chi connectivity index (χ1v) is 11.2. The number of carbonyl (C=O) groups excluding carboxylic acids is 1. The van der Waals surface area contributed by atoms with Gasteiger partial charge in [-0.1, -0.05) is 24.3 Å². The predicted octanol–water partition coefficient (Wildman–Crippen LogP) is 4.91. The van der Waals surface area contributed by atoms with Crippen LogP contribution in [-0.4, -0.2) is 35.0 Å². The summed E-state index contributed by atoms with van der Waals surface area (Å²) in [5.41, 5.74) is 9.42. The zero-order valence-electron chi connectivity index (χ0n) is 18.8. The summed E-state index contributed by atoms with van der Waals surface area (Å²) in [5, 5.41) is 7.61. The highest BCUT2D eigenvalue weighted by atomic mass is 16.1. The van der Waals surface area contributed by atoms with Gasteiger partial charge >= 0.3 is 0 Å². The van der Waals surface area contributed by atoms with Crippen molar-refractivity contribution in [1.29, 1.82) is 0 Å². The summed E-state index contributed by atoms with van der Waals surface area (Å²) in [4.78, 5) is 20.8. The van der Waals surface area contributed by atoms with E-state index in [2.05, 4.69) is 63.9 Å². The molecule has 3 N–H and O–H groups in total. The number of fused-ring (bicyclic) bond motifs is 1. The van der Waals surface area contributed by atoms with Gasteiger partial charge in [0.25, 0.3) is 5.91 Å². The lowest BCUT2D eigenvalue weighted by molar-refractivity contribution is 0.0940. The van der Waals surface area contributed by atoms with Gasteiger partial charge in [0, 0.05) is 46.1 Å². The Labute approximate surface area is 188 Å². The lowest BCUT2D eigenvalue weighted by Crippen LogP contribution is -2.36. The SMILES string of the molecule is Cc1cc(-c2ccc3c(C)c(-c4cccc(C(=O)N[C@H]5CCNC5)c4)[nH]c3c2)cc(C)n1. The van der Waals surface area contributed by atoms with Crippen LogP contribution in [0.25, 0.3) is 33.3 Å². The molecule has 0 saturated carbocycles. The van der Waals surface area contributed by atoms with E-state index in [9.17, 15) is 4.79 Å². The molecule has 32 heavy (non-hydrogen) atoms. The first-order valence-electron chi connectivity index (χ1n) is 11.2. The van der Waals surface area contributed by atoms with Crippen LogP contribution in [0.15, 0.2) is 54.6 Å².